The van der Waals surface area contributed by atoms with Crippen molar-refractivity contribution in [1.82, 2.24) is 20.2 Å². The first-order valence-corrected chi connectivity index (χ1v) is 8.84. The van der Waals surface area contributed by atoms with Crippen molar-refractivity contribution >= 4 is 11.8 Å². The highest BCUT2D eigenvalue weighted by Crippen LogP contribution is 2.22. The molecule has 1 saturated heterocycles. The number of nitrogens with zero attached hydrogens (tertiary/aromatic N) is 4. The van der Waals surface area contributed by atoms with Crippen LogP contribution in [0, 0.1) is 6.92 Å². The van der Waals surface area contributed by atoms with Crippen LogP contribution in [0.5, 0.6) is 0 Å². The van der Waals surface area contributed by atoms with E-state index < -0.39 is 0 Å². The standard InChI is InChI=1S/C19H25N5O/c1-3-7-20-19(25)24-10-8-23(9-11-24)18-13-17(21-14-22-18)16-6-4-5-15(2)12-16/h4-6,12-14H,3,7-11H2,1-2H3,(H,20,25). The molecule has 6 heteroatoms. The monoisotopic (exact) mass is 339 g/mol. The number of rotatable bonds is 4. The second kappa shape index (κ2) is 7.96. The molecule has 0 atom stereocenters. The van der Waals surface area contributed by atoms with Gasteiger partial charge in [-0.25, -0.2) is 14.8 Å². The van der Waals surface area contributed by atoms with Gasteiger partial charge in [0.25, 0.3) is 0 Å². The van der Waals surface area contributed by atoms with E-state index in [1.807, 2.05) is 17.0 Å². The van der Waals surface area contributed by atoms with E-state index in [0.717, 1.165) is 43.1 Å². The lowest BCUT2D eigenvalue weighted by atomic mass is 10.1. The normalized spacial score (nSPS) is 14.5. The van der Waals surface area contributed by atoms with Gasteiger partial charge < -0.3 is 15.1 Å². The first kappa shape index (κ1) is 17.2. The van der Waals surface area contributed by atoms with E-state index in [0.29, 0.717) is 13.1 Å². The molecule has 1 aromatic carbocycles. The number of anilines is 1. The predicted octanol–water partition coefficient (Wildman–Crippen LogP) is 2.69. The molecule has 1 aliphatic heterocycles. The van der Waals surface area contributed by atoms with Crippen LogP contribution >= 0.6 is 0 Å². The summed E-state index contributed by atoms with van der Waals surface area (Å²) in [7, 11) is 0. The summed E-state index contributed by atoms with van der Waals surface area (Å²) in [5.74, 6) is 0.917. The van der Waals surface area contributed by atoms with Crippen molar-refractivity contribution in [2.45, 2.75) is 20.3 Å². The van der Waals surface area contributed by atoms with E-state index in [2.05, 4.69) is 52.2 Å². The van der Waals surface area contributed by atoms with Crippen LogP contribution in [0.2, 0.25) is 0 Å². The summed E-state index contributed by atoms with van der Waals surface area (Å²) < 4.78 is 0. The van der Waals surface area contributed by atoms with Gasteiger partial charge >= 0.3 is 6.03 Å². The molecule has 0 spiro atoms. The molecular formula is C19H25N5O. The van der Waals surface area contributed by atoms with Crippen LogP contribution in [0.3, 0.4) is 0 Å². The van der Waals surface area contributed by atoms with Crippen LogP contribution in [0.15, 0.2) is 36.7 Å². The largest absolute Gasteiger partial charge is 0.353 e. The van der Waals surface area contributed by atoms with Crippen LogP contribution in [-0.4, -0.2) is 53.6 Å². The lowest BCUT2D eigenvalue weighted by Gasteiger charge is -2.35. The van der Waals surface area contributed by atoms with E-state index in [1.54, 1.807) is 6.33 Å². The number of amides is 2. The van der Waals surface area contributed by atoms with Gasteiger partial charge in [-0.3, -0.25) is 0 Å². The third-order valence-corrected chi connectivity index (χ3v) is 4.38. The van der Waals surface area contributed by atoms with Crippen molar-refractivity contribution in [3.05, 3.63) is 42.2 Å². The van der Waals surface area contributed by atoms with Crippen molar-refractivity contribution in [3.8, 4) is 11.3 Å². The molecule has 2 aromatic rings. The lowest BCUT2D eigenvalue weighted by Crippen LogP contribution is -2.52. The number of hydrogen-bond donors (Lipinski definition) is 1. The maximum atomic E-state index is 12.0. The number of benzene rings is 1. The Morgan fingerprint density at radius 3 is 2.68 bits per heavy atom. The third-order valence-electron chi connectivity index (χ3n) is 4.38. The Morgan fingerprint density at radius 1 is 1.16 bits per heavy atom. The molecule has 1 aliphatic rings. The fraction of sp³-hybridized carbons (Fsp3) is 0.421. The Kier molecular flexibility index (Phi) is 5.48. The highest BCUT2D eigenvalue weighted by atomic mass is 16.2. The molecular weight excluding hydrogens is 314 g/mol. The second-order valence-corrected chi connectivity index (χ2v) is 6.34. The third kappa shape index (κ3) is 4.26. The van der Waals surface area contributed by atoms with E-state index in [1.165, 1.54) is 5.56 Å². The second-order valence-electron chi connectivity index (χ2n) is 6.34. The molecule has 1 fully saturated rings. The highest BCUT2D eigenvalue weighted by molar-refractivity contribution is 5.74. The van der Waals surface area contributed by atoms with Crippen LogP contribution in [0.25, 0.3) is 11.3 Å². The van der Waals surface area contributed by atoms with Gasteiger partial charge in [-0.1, -0.05) is 30.7 Å². The summed E-state index contributed by atoms with van der Waals surface area (Å²) in [5.41, 5.74) is 3.24. The molecule has 0 saturated carbocycles. The number of urea groups is 1. The number of nitrogens with one attached hydrogen (secondary N) is 1. The molecule has 1 aromatic heterocycles. The average Bonchev–Trinajstić information content (AvgIpc) is 2.66. The molecule has 1 N–H and O–H groups in total. The van der Waals surface area contributed by atoms with Crippen molar-refractivity contribution in [3.63, 3.8) is 0 Å². The smallest absolute Gasteiger partial charge is 0.317 e. The molecule has 0 unspecified atom stereocenters. The van der Waals surface area contributed by atoms with Gasteiger partial charge in [0.1, 0.15) is 12.1 Å². The summed E-state index contributed by atoms with van der Waals surface area (Å²) in [6, 6.07) is 10.4. The Morgan fingerprint density at radius 2 is 1.96 bits per heavy atom. The van der Waals surface area contributed by atoms with Crippen LogP contribution in [0.1, 0.15) is 18.9 Å². The van der Waals surface area contributed by atoms with Crippen molar-refractivity contribution in [1.29, 1.82) is 0 Å². The SMILES string of the molecule is CCCNC(=O)N1CCN(c2cc(-c3cccc(C)c3)ncn2)CC1. The summed E-state index contributed by atoms with van der Waals surface area (Å²) in [6.45, 7) is 7.84. The average molecular weight is 339 g/mol. The molecule has 3 rings (SSSR count). The number of aromatic nitrogens is 2. The minimum absolute atomic E-state index is 0.0321. The quantitative estimate of drug-likeness (QED) is 0.930. The fourth-order valence-electron chi connectivity index (χ4n) is 2.96. The van der Waals surface area contributed by atoms with Crippen LogP contribution in [-0.2, 0) is 0 Å². The Hall–Kier alpha value is -2.63. The Balaban J connectivity index is 1.66. The molecule has 2 amide bonds. The number of piperazine rings is 1. The number of aryl methyl sites for hydroxylation is 1. The zero-order valence-corrected chi connectivity index (χ0v) is 14.9. The summed E-state index contributed by atoms with van der Waals surface area (Å²) in [5, 5.41) is 2.94. The van der Waals surface area contributed by atoms with Gasteiger partial charge in [-0.2, -0.15) is 0 Å². The summed E-state index contributed by atoms with van der Waals surface area (Å²) in [6.07, 6.45) is 2.57. The van der Waals surface area contributed by atoms with Gasteiger partial charge in [0.05, 0.1) is 5.69 Å². The number of carbonyl (C=O) groups is 1. The van der Waals surface area contributed by atoms with Crippen LogP contribution in [0.4, 0.5) is 10.6 Å². The predicted molar refractivity (Wildman–Crippen MR) is 99.7 cm³/mol. The number of hydrogen-bond acceptors (Lipinski definition) is 4. The topological polar surface area (TPSA) is 61.4 Å². The highest BCUT2D eigenvalue weighted by Gasteiger charge is 2.21. The zero-order valence-electron chi connectivity index (χ0n) is 14.9. The number of carbonyl (C=O) groups excluding carboxylic acids is 1. The van der Waals surface area contributed by atoms with Gasteiger partial charge in [-0.05, 0) is 19.4 Å². The van der Waals surface area contributed by atoms with E-state index in [9.17, 15) is 4.79 Å². The summed E-state index contributed by atoms with van der Waals surface area (Å²) >= 11 is 0. The van der Waals surface area contributed by atoms with Crippen molar-refractivity contribution < 1.29 is 4.79 Å². The maximum Gasteiger partial charge on any atom is 0.317 e. The molecule has 6 nitrogen and oxygen atoms in total. The van der Waals surface area contributed by atoms with Gasteiger partial charge in [0, 0.05) is 44.4 Å². The van der Waals surface area contributed by atoms with E-state index >= 15 is 0 Å². The molecule has 0 radical (unpaired) electrons. The van der Waals surface area contributed by atoms with Gasteiger partial charge in [-0.15, -0.1) is 0 Å². The Labute approximate surface area is 148 Å². The molecule has 132 valence electrons. The maximum absolute atomic E-state index is 12.0. The van der Waals surface area contributed by atoms with Crippen molar-refractivity contribution in [2.24, 2.45) is 0 Å². The van der Waals surface area contributed by atoms with Crippen LogP contribution < -0.4 is 10.2 Å². The molecule has 0 aliphatic carbocycles. The van der Waals surface area contributed by atoms with Crippen molar-refractivity contribution in [2.75, 3.05) is 37.6 Å². The first-order valence-electron chi connectivity index (χ1n) is 8.84. The minimum atomic E-state index is 0.0321. The molecule has 25 heavy (non-hydrogen) atoms. The van der Waals surface area contributed by atoms with E-state index in [4.69, 9.17) is 0 Å². The lowest BCUT2D eigenvalue weighted by molar-refractivity contribution is 0.194. The molecule has 0 bridgehead atoms. The molecule has 2 heterocycles. The van der Waals surface area contributed by atoms with E-state index in [-0.39, 0.29) is 6.03 Å². The van der Waals surface area contributed by atoms with Gasteiger partial charge in [0.2, 0.25) is 0 Å². The summed E-state index contributed by atoms with van der Waals surface area (Å²) in [4.78, 5) is 25.0. The minimum Gasteiger partial charge on any atom is -0.353 e. The van der Waals surface area contributed by atoms with Gasteiger partial charge in [0.15, 0.2) is 0 Å². The zero-order chi connectivity index (χ0) is 17.6. The first-order chi connectivity index (χ1) is 12.2. The fourth-order valence-corrected chi connectivity index (χ4v) is 2.96. The Bertz CT molecular complexity index is 725.